The minimum absolute atomic E-state index is 0.0837. The molecule has 17 heavy (non-hydrogen) atoms. The number of anilines is 1. The number of aryl methyl sites for hydroxylation is 1. The van der Waals surface area contributed by atoms with Gasteiger partial charge in [0.15, 0.2) is 0 Å². The molecule has 0 atom stereocenters. The van der Waals surface area contributed by atoms with Gasteiger partial charge in [-0.15, -0.1) is 0 Å². The first-order valence-corrected chi connectivity index (χ1v) is 6.04. The molecule has 3 N–H and O–H groups in total. The van der Waals surface area contributed by atoms with Crippen molar-refractivity contribution in [3.63, 3.8) is 0 Å². The number of benzene rings is 1. The van der Waals surface area contributed by atoms with Gasteiger partial charge in [-0.3, -0.25) is 4.79 Å². The largest absolute Gasteiger partial charge is 0.398 e. The zero-order chi connectivity index (χ0) is 12.3. The molecule has 0 saturated carbocycles. The summed E-state index contributed by atoms with van der Waals surface area (Å²) in [5.74, 6) is 0.0837. The molecule has 1 amide bonds. The second kappa shape index (κ2) is 5.19. The molecule has 0 spiro atoms. The molecule has 2 rings (SSSR count). The molecule has 0 unspecified atom stereocenters. The average molecular weight is 233 g/mol. The van der Waals surface area contributed by atoms with Crippen molar-refractivity contribution in [1.82, 2.24) is 10.2 Å². The van der Waals surface area contributed by atoms with Gasteiger partial charge in [0.05, 0.1) is 0 Å². The highest BCUT2D eigenvalue weighted by Gasteiger charge is 2.17. The standard InChI is InChI=1S/C13H19N3O/c1-10-3-4-11(9-12(10)14)13(17)16-7-2-5-15-6-8-16/h3-4,9,15H,2,5-8,14H2,1H3. The zero-order valence-corrected chi connectivity index (χ0v) is 10.2. The van der Waals surface area contributed by atoms with Crippen LogP contribution < -0.4 is 11.1 Å². The van der Waals surface area contributed by atoms with Gasteiger partial charge >= 0.3 is 0 Å². The Morgan fingerprint density at radius 3 is 2.94 bits per heavy atom. The summed E-state index contributed by atoms with van der Waals surface area (Å²) in [5, 5.41) is 3.29. The summed E-state index contributed by atoms with van der Waals surface area (Å²) < 4.78 is 0. The SMILES string of the molecule is Cc1ccc(C(=O)N2CCCNCC2)cc1N. The number of nitrogens with zero attached hydrogens (tertiary/aromatic N) is 1. The molecule has 0 aliphatic carbocycles. The van der Waals surface area contributed by atoms with E-state index >= 15 is 0 Å². The van der Waals surface area contributed by atoms with Crippen LogP contribution in [0.3, 0.4) is 0 Å². The van der Waals surface area contributed by atoms with E-state index < -0.39 is 0 Å². The zero-order valence-electron chi connectivity index (χ0n) is 10.2. The van der Waals surface area contributed by atoms with Gasteiger partial charge in [0.25, 0.3) is 5.91 Å². The highest BCUT2D eigenvalue weighted by molar-refractivity contribution is 5.95. The molecule has 1 saturated heterocycles. The summed E-state index contributed by atoms with van der Waals surface area (Å²) in [6, 6.07) is 5.53. The smallest absolute Gasteiger partial charge is 0.253 e. The van der Waals surface area contributed by atoms with Crippen LogP contribution in [0.5, 0.6) is 0 Å². The van der Waals surface area contributed by atoms with E-state index in [1.54, 1.807) is 6.07 Å². The number of amides is 1. The van der Waals surface area contributed by atoms with Gasteiger partial charge in [-0.1, -0.05) is 6.07 Å². The van der Waals surface area contributed by atoms with E-state index in [9.17, 15) is 4.79 Å². The molecule has 0 radical (unpaired) electrons. The van der Waals surface area contributed by atoms with Crippen LogP contribution in [0.2, 0.25) is 0 Å². The third kappa shape index (κ3) is 2.77. The molecular formula is C13H19N3O. The average Bonchev–Trinajstić information content (AvgIpc) is 2.60. The third-order valence-electron chi connectivity index (χ3n) is 3.15. The van der Waals surface area contributed by atoms with Gasteiger partial charge in [0.1, 0.15) is 0 Å². The maximum Gasteiger partial charge on any atom is 0.253 e. The molecule has 4 nitrogen and oxygen atoms in total. The van der Waals surface area contributed by atoms with Crippen molar-refractivity contribution in [3.05, 3.63) is 29.3 Å². The summed E-state index contributed by atoms with van der Waals surface area (Å²) in [7, 11) is 0. The van der Waals surface area contributed by atoms with E-state index in [0.29, 0.717) is 11.3 Å². The fourth-order valence-electron chi connectivity index (χ4n) is 2.00. The lowest BCUT2D eigenvalue weighted by Crippen LogP contribution is -2.34. The number of hydrogen-bond donors (Lipinski definition) is 2. The minimum atomic E-state index is 0.0837. The molecule has 1 heterocycles. The van der Waals surface area contributed by atoms with Gasteiger partial charge in [-0.05, 0) is 37.6 Å². The quantitative estimate of drug-likeness (QED) is 0.712. The maximum atomic E-state index is 12.3. The Morgan fingerprint density at radius 1 is 1.35 bits per heavy atom. The van der Waals surface area contributed by atoms with Gasteiger partial charge in [0, 0.05) is 30.9 Å². The first-order chi connectivity index (χ1) is 8.18. The first-order valence-electron chi connectivity index (χ1n) is 6.04. The van der Waals surface area contributed by atoms with Crippen LogP contribution in [0.25, 0.3) is 0 Å². The van der Waals surface area contributed by atoms with Crippen molar-refractivity contribution in [2.24, 2.45) is 0 Å². The normalized spacial score (nSPS) is 16.6. The molecule has 1 aliphatic heterocycles. The molecule has 1 fully saturated rings. The lowest BCUT2D eigenvalue weighted by atomic mass is 10.1. The molecular weight excluding hydrogens is 214 g/mol. The van der Waals surface area contributed by atoms with Crippen LogP contribution in [0.15, 0.2) is 18.2 Å². The number of nitrogen functional groups attached to an aromatic ring is 1. The molecule has 0 bridgehead atoms. The summed E-state index contributed by atoms with van der Waals surface area (Å²) >= 11 is 0. The van der Waals surface area contributed by atoms with Crippen molar-refractivity contribution in [2.45, 2.75) is 13.3 Å². The summed E-state index contributed by atoms with van der Waals surface area (Å²) in [5.41, 5.74) is 8.22. The van der Waals surface area contributed by atoms with Crippen molar-refractivity contribution >= 4 is 11.6 Å². The van der Waals surface area contributed by atoms with E-state index in [1.165, 1.54) is 0 Å². The van der Waals surface area contributed by atoms with Crippen LogP contribution >= 0.6 is 0 Å². The molecule has 4 heteroatoms. The fourth-order valence-corrected chi connectivity index (χ4v) is 2.00. The Labute approximate surface area is 102 Å². The lowest BCUT2D eigenvalue weighted by molar-refractivity contribution is 0.0766. The molecule has 92 valence electrons. The summed E-state index contributed by atoms with van der Waals surface area (Å²) in [6.07, 6.45) is 1.01. The van der Waals surface area contributed by atoms with Gasteiger partial charge < -0.3 is 16.0 Å². The maximum absolute atomic E-state index is 12.3. The van der Waals surface area contributed by atoms with Crippen molar-refractivity contribution in [2.75, 3.05) is 31.9 Å². The number of nitrogens with two attached hydrogens (primary N) is 1. The third-order valence-corrected chi connectivity index (χ3v) is 3.15. The predicted molar refractivity (Wildman–Crippen MR) is 69.0 cm³/mol. The lowest BCUT2D eigenvalue weighted by Gasteiger charge is -2.20. The van der Waals surface area contributed by atoms with Crippen molar-refractivity contribution in [3.8, 4) is 0 Å². The summed E-state index contributed by atoms with van der Waals surface area (Å²) in [6.45, 7) is 5.39. The molecule has 0 aromatic heterocycles. The van der Waals surface area contributed by atoms with Crippen LogP contribution in [-0.4, -0.2) is 37.0 Å². The summed E-state index contributed by atoms with van der Waals surface area (Å²) in [4.78, 5) is 14.2. The highest BCUT2D eigenvalue weighted by Crippen LogP contribution is 2.15. The van der Waals surface area contributed by atoms with E-state index in [4.69, 9.17) is 5.73 Å². The van der Waals surface area contributed by atoms with Crippen molar-refractivity contribution < 1.29 is 4.79 Å². The first kappa shape index (κ1) is 11.9. The number of carbonyl (C=O) groups is 1. The van der Waals surface area contributed by atoms with Crippen LogP contribution in [0, 0.1) is 6.92 Å². The second-order valence-electron chi connectivity index (χ2n) is 4.47. The second-order valence-corrected chi connectivity index (χ2v) is 4.47. The Kier molecular flexibility index (Phi) is 3.64. The number of nitrogens with one attached hydrogen (secondary N) is 1. The molecule has 1 aromatic carbocycles. The van der Waals surface area contributed by atoms with Crippen molar-refractivity contribution in [1.29, 1.82) is 0 Å². The number of hydrogen-bond acceptors (Lipinski definition) is 3. The minimum Gasteiger partial charge on any atom is -0.398 e. The van der Waals surface area contributed by atoms with Crippen LogP contribution in [0.4, 0.5) is 5.69 Å². The van der Waals surface area contributed by atoms with Gasteiger partial charge in [-0.25, -0.2) is 0 Å². The fraction of sp³-hybridized carbons (Fsp3) is 0.462. The molecule has 1 aromatic rings. The Bertz CT molecular complexity index is 409. The van der Waals surface area contributed by atoms with E-state index in [-0.39, 0.29) is 5.91 Å². The Balaban J connectivity index is 2.14. The monoisotopic (exact) mass is 233 g/mol. The number of carbonyl (C=O) groups excluding carboxylic acids is 1. The number of rotatable bonds is 1. The highest BCUT2D eigenvalue weighted by atomic mass is 16.2. The Morgan fingerprint density at radius 2 is 2.18 bits per heavy atom. The van der Waals surface area contributed by atoms with Gasteiger partial charge in [-0.2, -0.15) is 0 Å². The Hall–Kier alpha value is -1.55. The molecule has 1 aliphatic rings. The van der Waals surface area contributed by atoms with E-state index in [2.05, 4.69) is 5.32 Å². The van der Waals surface area contributed by atoms with Crippen LogP contribution in [-0.2, 0) is 0 Å². The van der Waals surface area contributed by atoms with E-state index in [0.717, 1.165) is 38.2 Å². The topological polar surface area (TPSA) is 58.4 Å². The van der Waals surface area contributed by atoms with E-state index in [1.807, 2.05) is 24.0 Å². The van der Waals surface area contributed by atoms with Gasteiger partial charge in [0.2, 0.25) is 0 Å². The predicted octanol–water partition coefficient (Wildman–Crippen LogP) is 1.01. The van der Waals surface area contributed by atoms with Crippen LogP contribution in [0.1, 0.15) is 22.3 Å².